The molecule has 0 saturated heterocycles. The second-order valence-corrected chi connectivity index (χ2v) is 4.88. The SMILES string of the molecule is Cn1ncc(N)c1-c1c[nH]c2cc(Br)ccc12. The van der Waals surface area contributed by atoms with Crippen molar-refractivity contribution in [3.05, 3.63) is 35.1 Å². The number of nitrogens with zero attached hydrogens (tertiary/aromatic N) is 2. The Labute approximate surface area is 107 Å². The minimum atomic E-state index is 0.691. The largest absolute Gasteiger partial charge is 0.396 e. The van der Waals surface area contributed by atoms with Crippen LogP contribution in [-0.4, -0.2) is 14.8 Å². The second-order valence-electron chi connectivity index (χ2n) is 3.96. The van der Waals surface area contributed by atoms with Gasteiger partial charge in [0.05, 0.1) is 17.6 Å². The molecule has 0 atom stereocenters. The van der Waals surface area contributed by atoms with Crippen LogP contribution in [0.4, 0.5) is 5.69 Å². The number of benzene rings is 1. The van der Waals surface area contributed by atoms with Crippen LogP contribution < -0.4 is 5.73 Å². The normalized spacial score (nSPS) is 11.2. The van der Waals surface area contributed by atoms with Crippen LogP contribution in [0.3, 0.4) is 0 Å². The number of nitrogens with one attached hydrogen (secondary N) is 1. The molecule has 0 radical (unpaired) electrons. The molecule has 0 saturated carbocycles. The maximum atomic E-state index is 5.95. The molecule has 1 aromatic carbocycles. The third-order valence-corrected chi connectivity index (χ3v) is 3.36. The average Bonchev–Trinajstić information content (AvgIpc) is 2.83. The van der Waals surface area contributed by atoms with Crippen molar-refractivity contribution in [2.45, 2.75) is 0 Å². The van der Waals surface area contributed by atoms with Crippen LogP contribution in [-0.2, 0) is 7.05 Å². The Balaban J connectivity index is 2.32. The van der Waals surface area contributed by atoms with Gasteiger partial charge in [0.2, 0.25) is 0 Å². The molecule has 17 heavy (non-hydrogen) atoms. The number of aromatic amines is 1. The number of rotatable bonds is 1. The number of nitrogens with two attached hydrogens (primary N) is 1. The van der Waals surface area contributed by atoms with Gasteiger partial charge in [-0.25, -0.2) is 0 Å². The van der Waals surface area contributed by atoms with Gasteiger partial charge < -0.3 is 10.7 Å². The zero-order valence-corrected chi connectivity index (χ0v) is 10.8. The average molecular weight is 291 g/mol. The molecule has 86 valence electrons. The molecule has 3 N–H and O–H groups in total. The summed E-state index contributed by atoms with van der Waals surface area (Å²) in [5.41, 5.74) is 9.73. The quantitative estimate of drug-likeness (QED) is 0.724. The van der Waals surface area contributed by atoms with E-state index in [1.54, 1.807) is 10.9 Å². The van der Waals surface area contributed by atoms with Gasteiger partial charge in [-0.05, 0) is 12.1 Å². The van der Waals surface area contributed by atoms with E-state index < -0.39 is 0 Å². The highest BCUT2D eigenvalue weighted by molar-refractivity contribution is 9.10. The molecule has 0 aliphatic rings. The van der Waals surface area contributed by atoms with E-state index in [9.17, 15) is 0 Å². The van der Waals surface area contributed by atoms with Crippen molar-refractivity contribution >= 4 is 32.5 Å². The highest BCUT2D eigenvalue weighted by atomic mass is 79.9. The van der Waals surface area contributed by atoms with Gasteiger partial charge in [0.1, 0.15) is 0 Å². The number of hydrogen-bond acceptors (Lipinski definition) is 2. The minimum absolute atomic E-state index is 0.691. The maximum absolute atomic E-state index is 5.95. The summed E-state index contributed by atoms with van der Waals surface area (Å²) in [6.45, 7) is 0. The number of anilines is 1. The van der Waals surface area contributed by atoms with Crippen LogP contribution in [0.1, 0.15) is 0 Å². The van der Waals surface area contributed by atoms with Gasteiger partial charge >= 0.3 is 0 Å². The zero-order valence-electron chi connectivity index (χ0n) is 9.24. The topological polar surface area (TPSA) is 59.6 Å². The van der Waals surface area contributed by atoms with Crippen LogP contribution >= 0.6 is 15.9 Å². The molecule has 0 bridgehead atoms. The molecular formula is C12H11BrN4. The van der Waals surface area contributed by atoms with E-state index >= 15 is 0 Å². The molecule has 4 nitrogen and oxygen atoms in total. The highest BCUT2D eigenvalue weighted by Gasteiger charge is 2.13. The number of aryl methyl sites for hydroxylation is 1. The Morgan fingerprint density at radius 2 is 2.24 bits per heavy atom. The van der Waals surface area contributed by atoms with E-state index in [0.717, 1.165) is 26.6 Å². The summed E-state index contributed by atoms with van der Waals surface area (Å²) < 4.78 is 2.84. The van der Waals surface area contributed by atoms with Crippen molar-refractivity contribution in [1.29, 1.82) is 0 Å². The van der Waals surface area contributed by atoms with Crippen LogP contribution in [0.2, 0.25) is 0 Å². The van der Waals surface area contributed by atoms with Crippen LogP contribution in [0.5, 0.6) is 0 Å². The van der Waals surface area contributed by atoms with Crippen molar-refractivity contribution < 1.29 is 0 Å². The molecular weight excluding hydrogens is 280 g/mol. The smallest absolute Gasteiger partial charge is 0.0930 e. The van der Waals surface area contributed by atoms with Gasteiger partial charge in [0.25, 0.3) is 0 Å². The Hall–Kier alpha value is -1.75. The molecule has 3 aromatic rings. The molecule has 5 heteroatoms. The molecule has 0 aliphatic carbocycles. The first-order chi connectivity index (χ1) is 8.16. The van der Waals surface area contributed by atoms with Gasteiger partial charge in [-0.15, -0.1) is 0 Å². The molecule has 0 spiro atoms. The summed E-state index contributed by atoms with van der Waals surface area (Å²) in [7, 11) is 1.89. The Morgan fingerprint density at radius 3 is 2.94 bits per heavy atom. The summed E-state index contributed by atoms with van der Waals surface area (Å²) in [6.07, 6.45) is 3.64. The van der Waals surface area contributed by atoms with Crippen molar-refractivity contribution in [2.24, 2.45) is 7.05 Å². The lowest BCUT2D eigenvalue weighted by atomic mass is 10.1. The fraction of sp³-hybridized carbons (Fsp3) is 0.0833. The third kappa shape index (κ3) is 1.54. The maximum Gasteiger partial charge on any atom is 0.0930 e. The van der Waals surface area contributed by atoms with Gasteiger partial charge in [0.15, 0.2) is 0 Å². The number of H-pyrrole nitrogens is 1. The standard InChI is InChI=1S/C12H11BrN4/c1-17-12(10(14)6-16-17)9-5-15-11-4-7(13)2-3-8(9)11/h2-6,15H,14H2,1H3. The van der Waals surface area contributed by atoms with Crippen LogP contribution in [0, 0.1) is 0 Å². The fourth-order valence-electron chi connectivity index (χ4n) is 2.08. The Kier molecular flexibility index (Phi) is 2.22. The summed E-state index contributed by atoms with van der Waals surface area (Å²) in [5.74, 6) is 0. The molecule has 3 rings (SSSR count). The lowest BCUT2D eigenvalue weighted by Gasteiger charge is -2.02. The lowest BCUT2D eigenvalue weighted by molar-refractivity contribution is 0.776. The van der Waals surface area contributed by atoms with E-state index in [-0.39, 0.29) is 0 Å². The molecule has 0 fully saturated rings. The predicted molar refractivity (Wildman–Crippen MR) is 72.6 cm³/mol. The van der Waals surface area contributed by atoms with E-state index in [2.05, 4.69) is 32.1 Å². The minimum Gasteiger partial charge on any atom is -0.396 e. The van der Waals surface area contributed by atoms with E-state index in [1.807, 2.05) is 25.4 Å². The van der Waals surface area contributed by atoms with Gasteiger partial charge in [-0.2, -0.15) is 5.10 Å². The van der Waals surface area contributed by atoms with Crippen molar-refractivity contribution in [1.82, 2.24) is 14.8 Å². The zero-order chi connectivity index (χ0) is 12.0. The van der Waals surface area contributed by atoms with Crippen molar-refractivity contribution in [2.75, 3.05) is 5.73 Å². The van der Waals surface area contributed by atoms with Gasteiger partial charge in [-0.3, -0.25) is 4.68 Å². The van der Waals surface area contributed by atoms with Crippen molar-refractivity contribution in [3.8, 4) is 11.3 Å². The first-order valence-electron chi connectivity index (χ1n) is 5.21. The summed E-state index contributed by atoms with van der Waals surface area (Å²) in [6, 6.07) is 6.13. The highest BCUT2D eigenvalue weighted by Crippen LogP contribution is 2.32. The Morgan fingerprint density at radius 1 is 1.41 bits per heavy atom. The van der Waals surface area contributed by atoms with Crippen molar-refractivity contribution in [3.63, 3.8) is 0 Å². The number of nitrogen functional groups attached to an aromatic ring is 1. The van der Waals surface area contributed by atoms with Crippen LogP contribution in [0.15, 0.2) is 35.1 Å². The first-order valence-corrected chi connectivity index (χ1v) is 6.00. The van der Waals surface area contributed by atoms with E-state index in [1.165, 1.54) is 0 Å². The van der Waals surface area contributed by atoms with Gasteiger partial charge in [0, 0.05) is 34.2 Å². The summed E-state index contributed by atoms with van der Waals surface area (Å²) >= 11 is 3.46. The molecule has 2 heterocycles. The van der Waals surface area contributed by atoms with Crippen LogP contribution in [0.25, 0.3) is 22.2 Å². The van der Waals surface area contributed by atoms with E-state index in [4.69, 9.17) is 5.73 Å². The molecule has 0 aliphatic heterocycles. The number of hydrogen-bond donors (Lipinski definition) is 2. The number of fused-ring (bicyclic) bond motifs is 1. The summed E-state index contributed by atoms with van der Waals surface area (Å²) in [4.78, 5) is 3.25. The second kappa shape index (κ2) is 3.63. The lowest BCUT2D eigenvalue weighted by Crippen LogP contribution is -1.95. The number of halogens is 1. The first kappa shape index (κ1) is 10.4. The van der Waals surface area contributed by atoms with E-state index in [0.29, 0.717) is 5.69 Å². The fourth-order valence-corrected chi connectivity index (χ4v) is 2.44. The monoisotopic (exact) mass is 290 g/mol. The molecule has 2 aromatic heterocycles. The predicted octanol–water partition coefficient (Wildman–Crippen LogP) is 2.91. The molecule has 0 amide bonds. The molecule has 0 unspecified atom stereocenters. The van der Waals surface area contributed by atoms with Gasteiger partial charge in [-0.1, -0.05) is 22.0 Å². The summed E-state index contributed by atoms with van der Waals surface area (Å²) in [5, 5.41) is 5.31. The Bertz CT molecular complexity index is 676. The number of aromatic nitrogens is 3. The third-order valence-electron chi connectivity index (χ3n) is 2.87.